The third-order valence-corrected chi connectivity index (χ3v) is 4.94. The maximum absolute atomic E-state index is 12.5. The van der Waals surface area contributed by atoms with E-state index in [0.29, 0.717) is 5.92 Å². The van der Waals surface area contributed by atoms with E-state index >= 15 is 0 Å². The number of nitro benzene ring substituents is 1. The lowest BCUT2D eigenvalue weighted by Gasteiger charge is -2.29. The summed E-state index contributed by atoms with van der Waals surface area (Å²) in [7, 11) is 0. The largest absolute Gasteiger partial charge is 0.348 e. The van der Waals surface area contributed by atoms with E-state index in [1.165, 1.54) is 16.8 Å². The summed E-state index contributed by atoms with van der Waals surface area (Å²) in [6, 6.07) is 4.03. The zero-order valence-corrected chi connectivity index (χ0v) is 15.4. The Kier molecular flexibility index (Phi) is 5.45. The van der Waals surface area contributed by atoms with Crippen LogP contribution in [-0.2, 0) is 0 Å². The summed E-state index contributed by atoms with van der Waals surface area (Å²) >= 11 is 12.2. The maximum atomic E-state index is 12.5. The number of aromatic nitrogens is 2. The van der Waals surface area contributed by atoms with Gasteiger partial charge in [0.15, 0.2) is 5.69 Å². The maximum Gasteiger partial charge on any atom is 0.272 e. The fourth-order valence-corrected chi connectivity index (χ4v) is 3.57. The number of benzene rings is 1. The molecule has 8 nitrogen and oxygen atoms in total. The summed E-state index contributed by atoms with van der Waals surface area (Å²) in [5, 5.41) is 21.5. The van der Waals surface area contributed by atoms with E-state index in [2.05, 4.69) is 22.7 Å². The molecule has 3 rings (SSSR count). The Morgan fingerprint density at radius 2 is 2.12 bits per heavy atom. The van der Waals surface area contributed by atoms with Crippen LogP contribution in [0.25, 0.3) is 5.69 Å². The second kappa shape index (κ2) is 7.61. The highest BCUT2D eigenvalue weighted by Gasteiger charge is 2.24. The Hall–Kier alpha value is -2.16. The second-order valence-corrected chi connectivity index (χ2v) is 7.03. The van der Waals surface area contributed by atoms with E-state index in [4.69, 9.17) is 23.2 Å². The average Bonchev–Trinajstić information content (AvgIpc) is 3.06. The van der Waals surface area contributed by atoms with Gasteiger partial charge >= 0.3 is 0 Å². The van der Waals surface area contributed by atoms with Crippen LogP contribution in [0.15, 0.2) is 24.4 Å². The molecule has 1 aromatic carbocycles. The van der Waals surface area contributed by atoms with Gasteiger partial charge < -0.3 is 10.6 Å². The van der Waals surface area contributed by atoms with E-state index in [1.54, 1.807) is 12.3 Å². The lowest BCUT2D eigenvalue weighted by molar-refractivity contribution is -0.384. The van der Waals surface area contributed by atoms with Crippen molar-refractivity contribution in [3.63, 3.8) is 0 Å². The zero-order valence-electron chi connectivity index (χ0n) is 13.9. The molecule has 1 aliphatic heterocycles. The van der Waals surface area contributed by atoms with Gasteiger partial charge in [0.05, 0.1) is 15.0 Å². The molecule has 2 atom stereocenters. The third-order valence-electron chi connectivity index (χ3n) is 4.37. The smallest absolute Gasteiger partial charge is 0.272 e. The molecule has 1 saturated heterocycles. The van der Waals surface area contributed by atoms with Crippen LogP contribution in [0.4, 0.5) is 5.69 Å². The number of carbonyl (C=O) groups excluding carboxylic acids is 1. The summed E-state index contributed by atoms with van der Waals surface area (Å²) in [6.07, 6.45) is 2.40. The molecule has 0 spiro atoms. The lowest BCUT2D eigenvalue weighted by atomic mass is 9.95. The molecule has 2 unspecified atom stereocenters. The van der Waals surface area contributed by atoms with Gasteiger partial charge in [-0.3, -0.25) is 14.9 Å². The quantitative estimate of drug-likeness (QED) is 0.609. The normalized spacial score (nSPS) is 20.0. The number of non-ortho nitro benzene ring substituents is 1. The van der Waals surface area contributed by atoms with E-state index in [-0.39, 0.29) is 39.1 Å². The molecule has 1 aliphatic rings. The Morgan fingerprint density at radius 1 is 1.42 bits per heavy atom. The van der Waals surface area contributed by atoms with Crippen LogP contribution in [-0.4, -0.2) is 39.7 Å². The van der Waals surface area contributed by atoms with Gasteiger partial charge in [0.25, 0.3) is 11.6 Å². The molecule has 1 amide bonds. The van der Waals surface area contributed by atoms with Crippen molar-refractivity contribution in [1.29, 1.82) is 0 Å². The van der Waals surface area contributed by atoms with Gasteiger partial charge in [0, 0.05) is 24.4 Å². The van der Waals surface area contributed by atoms with Crippen LogP contribution in [0.2, 0.25) is 10.0 Å². The number of carbonyl (C=O) groups is 1. The second-order valence-electron chi connectivity index (χ2n) is 6.21. The minimum atomic E-state index is -0.580. The fraction of sp³-hybridized carbons (Fsp3) is 0.375. The Balaban J connectivity index is 1.81. The SMILES string of the molecule is CC1CNCCC1NC(=O)c1ccn(-c2c(Cl)cc([N+](=O)[O-])cc2Cl)n1. The van der Waals surface area contributed by atoms with Gasteiger partial charge in [-0.15, -0.1) is 0 Å². The molecule has 138 valence electrons. The molecule has 1 aromatic heterocycles. The number of hydrogen-bond donors (Lipinski definition) is 2. The Bertz CT molecular complexity index is 831. The first-order valence-electron chi connectivity index (χ1n) is 8.08. The first kappa shape index (κ1) is 18.6. The summed E-state index contributed by atoms with van der Waals surface area (Å²) in [5.74, 6) is 0.0463. The van der Waals surface area contributed by atoms with Gasteiger partial charge in [-0.25, -0.2) is 4.68 Å². The number of nitrogens with one attached hydrogen (secondary N) is 2. The summed E-state index contributed by atoms with van der Waals surface area (Å²) in [4.78, 5) is 22.7. The van der Waals surface area contributed by atoms with Crippen molar-refractivity contribution < 1.29 is 9.72 Å². The molecule has 0 bridgehead atoms. The molecular weight excluding hydrogens is 381 g/mol. The Labute approximate surface area is 159 Å². The highest BCUT2D eigenvalue weighted by atomic mass is 35.5. The van der Waals surface area contributed by atoms with Crippen LogP contribution in [0, 0.1) is 16.0 Å². The van der Waals surface area contributed by atoms with E-state index < -0.39 is 4.92 Å². The highest BCUT2D eigenvalue weighted by Crippen LogP contribution is 2.32. The molecule has 2 aromatic rings. The molecule has 1 fully saturated rings. The van der Waals surface area contributed by atoms with Crippen molar-refractivity contribution in [2.75, 3.05) is 13.1 Å². The van der Waals surface area contributed by atoms with Crippen LogP contribution in [0.3, 0.4) is 0 Å². The topological polar surface area (TPSA) is 102 Å². The molecule has 10 heteroatoms. The van der Waals surface area contributed by atoms with Crippen molar-refractivity contribution in [3.05, 3.63) is 50.2 Å². The molecule has 0 saturated carbocycles. The van der Waals surface area contributed by atoms with Gasteiger partial charge in [-0.1, -0.05) is 30.1 Å². The minimum absolute atomic E-state index is 0.0752. The fourth-order valence-electron chi connectivity index (χ4n) is 2.92. The number of nitro groups is 1. The third kappa shape index (κ3) is 3.82. The lowest BCUT2D eigenvalue weighted by Crippen LogP contribution is -2.48. The van der Waals surface area contributed by atoms with Crippen molar-refractivity contribution in [3.8, 4) is 5.69 Å². The van der Waals surface area contributed by atoms with Crippen LogP contribution >= 0.6 is 23.2 Å². The number of rotatable bonds is 4. The van der Waals surface area contributed by atoms with Crippen LogP contribution in [0.1, 0.15) is 23.8 Å². The molecule has 2 heterocycles. The van der Waals surface area contributed by atoms with E-state index in [0.717, 1.165) is 19.5 Å². The monoisotopic (exact) mass is 397 g/mol. The van der Waals surface area contributed by atoms with Crippen LogP contribution < -0.4 is 10.6 Å². The number of halogens is 2. The number of piperidine rings is 1. The number of hydrogen-bond acceptors (Lipinski definition) is 5. The first-order valence-corrected chi connectivity index (χ1v) is 8.83. The van der Waals surface area contributed by atoms with Gasteiger partial charge in [-0.05, 0) is 31.5 Å². The predicted octanol–water partition coefficient (Wildman–Crippen LogP) is 2.82. The summed E-state index contributed by atoms with van der Waals surface area (Å²) < 4.78 is 1.34. The van der Waals surface area contributed by atoms with E-state index in [9.17, 15) is 14.9 Å². The number of nitrogens with zero attached hydrogens (tertiary/aromatic N) is 3. The predicted molar refractivity (Wildman–Crippen MR) is 98.1 cm³/mol. The molecule has 0 radical (unpaired) electrons. The minimum Gasteiger partial charge on any atom is -0.348 e. The summed E-state index contributed by atoms with van der Waals surface area (Å²) in [5.41, 5.74) is 0.295. The molecular formula is C16H17Cl2N5O3. The molecule has 0 aliphatic carbocycles. The van der Waals surface area contributed by atoms with Gasteiger partial charge in [0.1, 0.15) is 5.69 Å². The molecule has 2 N–H and O–H groups in total. The summed E-state index contributed by atoms with van der Waals surface area (Å²) in [6.45, 7) is 3.79. The zero-order chi connectivity index (χ0) is 18.8. The highest BCUT2D eigenvalue weighted by molar-refractivity contribution is 6.38. The Morgan fingerprint density at radius 3 is 2.73 bits per heavy atom. The van der Waals surface area contributed by atoms with Crippen molar-refractivity contribution in [2.24, 2.45) is 5.92 Å². The van der Waals surface area contributed by atoms with Crippen molar-refractivity contribution >= 4 is 34.8 Å². The standard InChI is InChI=1S/C16H17Cl2N5O3/c1-9-8-19-4-2-13(9)20-16(24)14-3-5-22(21-14)15-11(17)6-10(23(25)26)7-12(15)18/h3,5-7,9,13,19H,2,4,8H2,1H3,(H,20,24). The van der Waals surface area contributed by atoms with E-state index in [1.807, 2.05) is 0 Å². The van der Waals surface area contributed by atoms with Crippen molar-refractivity contribution in [1.82, 2.24) is 20.4 Å². The first-order chi connectivity index (χ1) is 12.4. The van der Waals surface area contributed by atoms with Crippen molar-refractivity contribution in [2.45, 2.75) is 19.4 Å². The number of amides is 1. The average molecular weight is 398 g/mol. The van der Waals surface area contributed by atoms with Gasteiger partial charge in [-0.2, -0.15) is 5.10 Å². The molecule has 26 heavy (non-hydrogen) atoms. The van der Waals surface area contributed by atoms with Gasteiger partial charge in [0.2, 0.25) is 0 Å². The van der Waals surface area contributed by atoms with Crippen LogP contribution in [0.5, 0.6) is 0 Å².